The molecule has 0 aliphatic rings. The third kappa shape index (κ3) is 3.53. The van der Waals surface area contributed by atoms with Crippen molar-refractivity contribution in [3.05, 3.63) is 83.2 Å². The van der Waals surface area contributed by atoms with E-state index in [2.05, 4.69) is 10.3 Å². The van der Waals surface area contributed by atoms with E-state index in [0.29, 0.717) is 5.56 Å². The van der Waals surface area contributed by atoms with E-state index < -0.39 is 21.7 Å². The fraction of sp³-hybridized carbons (Fsp3) is 0.0476. The summed E-state index contributed by atoms with van der Waals surface area (Å²) in [7, 11) is -2.72. The van der Waals surface area contributed by atoms with Crippen LogP contribution in [0.3, 0.4) is 0 Å². The van der Waals surface area contributed by atoms with Crippen LogP contribution in [0.4, 0.5) is 4.39 Å². The average Bonchev–Trinajstić information content (AvgIpc) is 3.44. The zero-order valence-corrected chi connectivity index (χ0v) is 17.4. The van der Waals surface area contributed by atoms with E-state index in [1.807, 2.05) is 16.8 Å². The standard InChI is InChI=1S/C21H16FN3O3S2/c1-23-21(26)16-9-20(18-4-2-3-5-19(18)22)25(12-16)30(27,28)17-8-15(10-24-11-17)14-6-7-29-13-14/h2-13H,1H3,(H,23,26). The Morgan fingerprint density at radius 1 is 1.13 bits per heavy atom. The van der Waals surface area contributed by atoms with Crippen LogP contribution in [0.5, 0.6) is 0 Å². The second-order valence-electron chi connectivity index (χ2n) is 6.40. The molecule has 4 aromatic rings. The molecule has 1 amide bonds. The van der Waals surface area contributed by atoms with E-state index in [0.717, 1.165) is 9.54 Å². The van der Waals surface area contributed by atoms with E-state index in [1.54, 1.807) is 12.3 Å². The predicted octanol–water partition coefficient (Wildman–Crippen LogP) is 4.01. The largest absolute Gasteiger partial charge is 0.355 e. The van der Waals surface area contributed by atoms with Crippen molar-refractivity contribution in [3.8, 4) is 22.4 Å². The summed E-state index contributed by atoms with van der Waals surface area (Å²) in [6.45, 7) is 0. The first kappa shape index (κ1) is 20.0. The molecule has 3 heterocycles. The van der Waals surface area contributed by atoms with Crippen LogP contribution in [0.25, 0.3) is 22.4 Å². The monoisotopic (exact) mass is 441 g/mol. The van der Waals surface area contributed by atoms with E-state index in [9.17, 15) is 17.6 Å². The number of halogens is 1. The highest BCUT2D eigenvalue weighted by molar-refractivity contribution is 7.90. The number of benzene rings is 1. The van der Waals surface area contributed by atoms with Crippen LogP contribution in [0, 0.1) is 5.82 Å². The average molecular weight is 442 g/mol. The molecule has 0 aliphatic carbocycles. The number of nitrogens with zero attached hydrogens (tertiary/aromatic N) is 2. The summed E-state index contributed by atoms with van der Waals surface area (Å²) < 4.78 is 42.3. The van der Waals surface area contributed by atoms with Crippen molar-refractivity contribution in [2.24, 2.45) is 0 Å². The molecule has 0 radical (unpaired) electrons. The molecule has 9 heteroatoms. The van der Waals surface area contributed by atoms with Crippen molar-refractivity contribution in [2.45, 2.75) is 4.90 Å². The normalized spacial score (nSPS) is 11.4. The molecule has 1 aromatic carbocycles. The van der Waals surface area contributed by atoms with Gasteiger partial charge >= 0.3 is 0 Å². The minimum atomic E-state index is -4.16. The van der Waals surface area contributed by atoms with Gasteiger partial charge < -0.3 is 5.32 Å². The third-order valence-corrected chi connectivity index (χ3v) is 6.87. The molecule has 3 aromatic heterocycles. The van der Waals surface area contributed by atoms with Crippen LogP contribution < -0.4 is 5.32 Å². The molecule has 0 saturated heterocycles. The summed E-state index contributed by atoms with van der Waals surface area (Å²) in [4.78, 5) is 16.1. The first-order valence-electron chi connectivity index (χ1n) is 8.84. The van der Waals surface area contributed by atoms with Gasteiger partial charge in [-0.05, 0) is 46.7 Å². The van der Waals surface area contributed by atoms with Crippen LogP contribution >= 0.6 is 11.3 Å². The SMILES string of the molecule is CNC(=O)c1cc(-c2ccccc2F)n(S(=O)(=O)c2cncc(-c3ccsc3)c2)c1. The van der Waals surface area contributed by atoms with Crippen molar-refractivity contribution in [2.75, 3.05) is 7.05 Å². The summed E-state index contributed by atoms with van der Waals surface area (Å²) in [5.41, 5.74) is 1.70. The lowest BCUT2D eigenvalue weighted by molar-refractivity contribution is 0.0963. The molecule has 0 atom stereocenters. The topological polar surface area (TPSA) is 81.1 Å². The number of rotatable bonds is 5. The Morgan fingerprint density at radius 3 is 2.63 bits per heavy atom. The quantitative estimate of drug-likeness (QED) is 0.507. The molecule has 0 fully saturated rings. The van der Waals surface area contributed by atoms with Gasteiger partial charge in [0.1, 0.15) is 10.7 Å². The fourth-order valence-corrected chi connectivity index (χ4v) is 5.06. The number of aromatic nitrogens is 2. The number of hydrogen-bond donors (Lipinski definition) is 1. The highest BCUT2D eigenvalue weighted by Crippen LogP contribution is 2.30. The highest BCUT2D eigenvalue weighted by Gasteiger charge is 2.25. The Morgan fingerprint density at radius 2 is 1.93 bits per heavy atom. The maximum absolute atomic E-state index is 14.5. The van der Waals surface area contributed by atoms with Crippen LogP contribution in [0.15, 0.2) is 76.7 Å². The van der Waals surface area contributed by atoms with Crippen molar-refractivity contribution in [1.29, 1.82) is 0 Å². The van der Waals surface area contributed by atoms with Crippen LogP contribution in [-0.4, -0.2) is 30.3 Å². The van der Waals surface area contributed by atoms with Gasteiger partial charge in [-0.2, -0.15) is 11.3 Å². The molecule has 30 heavy (non-hydrogen) atoms. The van der Waals surface area contributed by atoms with E-state index in [-0.39, 0.29) is 21.7 Å². The lowest BCUT2D eigenvalue weighted by Crippen LogP contribution is -2.17. The number of hydrogen-bond acceptors (Lipinski definition) is 5. The number of pyridine rings is 1. The fourth-order valence-electron chi connectivity index (χ4n) is 3.04. The Hall–Kier alpha value is -3.30. The Labute approximate surface area is 176 Å². The van der Waals surface area contributed by atoms with Crippen molar-refractivity contribution in [1.82, 2.24) is 14.3 Å². The van der Waals surface area contributed by atoms with Gasteiger partial charge in [0.15, 0.2) is 0 Å². The van der Waals surface area contributed by atoms with Crippen molar-refractivity contribution >= 4 is 27.3 Å². The zero-order chi connectivity index (χ0) is 21.3. The number of carbonyl (C=O) groups excluding carboxylic acids is 1. The molecular weight excluding hydrogens is 425 g/mol. The van der Waals surface area contributed by atoms with Crippen LogP contribution in [0.2, 0.25) is 0 Å². The Bertz CT molecular complexity index is 1330. The van der Waals surface area contributed by atoms with E-state index >= 15 is 0 Å². The van der Waals surface area contributed by atoms with Crippen molar-refractivity contribution < 1.29 is 17.6 Å². The van der Waals surface area contributed by atoms with Gasteiger partial charge in [-0.1, -0.05) is 12.1 Å². The summed E-state index contributed by atoms with van der Waals surface area (Å²) in [5, 5.41) is 6.22. The number of amides is 1. The molecule has 152 valence electrons. The maximum Gasteiger partial charge on any atom is 0.269 e. The number of thiophene rings is 1. The highest BCUT2D eigenvalue weighted by atomic mass is 32.2. The van der Waals surface area contributed by atoms with Gasteiger partial charge in [0.25, 0.3) is 15.9 Å². The summed E-state index contributed by atoms with van der Waals surface area (Å²) in [6.07, 6.45) is 3.99. The third-order valence-electron chi connectivity index (χ3n) is 4.55. The molecule has 4 rings (SSSR count). The smallest absolute Gasteiger partial charge is 0.269 e. The molecule has 0 spiro atoms. The number of nitrogens with one attached hydrogen (secondary N) is 1. The lowest BCUT2D eigenvalue weighted by Gasteiger charge is -2.11. The van der Waals surface area contributed by atoms with Gasteiger partial charge in [-0.25, -0.2) is 16.8 Å². The first-order chi connectivity index (χ1) is 14.4. The second-order valence-corrected chi connectivity index (χ2v) is 8.99. The number of carbonyl (C=O) groups is 1. The Balaban J connectivity index is 1.91. The van der Waals surface area contributed by atoms with Gasteiger partial charge in [0.2, 0.25) is 0 Å². The molecule has 0 bridgehead atoms. The second kappa shape index (κ2) is 7.85. The lowest BCUT2D eigenvalue weighted by atomic mass is 10.1. The molecular formula is C21H16FN3O3S2. The first-order valence-corrected chi connectivity index (χ1v) is 11.2. The maximum atomic E-state index is 14.5. The molecule has 0 saturated carbocycles. The van der Waals surface area contributed by atoms with Crippen LogP contribution in [0.1, 0.15) is 10.4 Å². The molecule has 1 N–H and O–H groups in total. The molecule has 6 nitrogen and oxygen atoms in total. The van der Waals surface area contributed by atoms with E-state index in [4.69, 9.17) is 0 Å². The minimum absolute atomic E-state index is 0.0487. The summed E-state index contributed by atoms with van der Waals surface area (Å²) in [5.74, 6) is -1.08. The van der Waals surface area contributed by atoms with Gasteiger partial charge in [0.05, 0.1) is 11.3 Å². The van der Waals surface area contributed by atoms with Gasteiger partial charge in [-0.3, -0.25) is 9.78 Å². The van der Waals surface area contributed by atoms with Gasteiger partial charge in [0, 0.05) is 36.8 Å². The summed E-state index contributed by atoms with van der Waals surface area (Å²) >= 11 is 1.49. The molecule has 0 unspecified atom stereocenters. The zero-order valence-electron chi connectivity index (χ0n) is 15.7. The Kier molecular flexibility index (Phi) is 5.23. The predicted molar refractivity (Wildman–Crippen MR) is 113 cm³/mol. The van der Waals surface area contributed by atoms with E-state index in [1.165, 1.54) is 61.1 Å². The van der Waals surface area contributed by atoms with Gasteiger partial charge in [-0.15, -0.1) is 0 Å². The summed E-state index contributed by atoms with van der Waals surface area (Å²) in [6, 6.07) is 10.5. The van der Waals surface area contributed by atoms with Crippen LogP contribution in [-0.2, 0) is 10.0 Å². The minimum Gasteiger partial charge on any atom is -0.355 e. The van der Waals surface area contributed by atoms with Crippen molar-refractivity contribution in [3.63, 3.8) is 0 Å². The molecule has 0 aliphatic heterocycles.